The Hall–Kier alpha value is -3.46. The van der Waals surface area contributed by atoms with Crippen molar-refractivity contribution in [2.75, 3.05) is 32.7 Å². The monoisotopic (exact) mass is 545 g/mol. The molecule has 3 amide bonds. The third kappa shape index (κ3) is 5.19. The van der Waals surface area contributed by atoms with Gasteiger partial charge in [0.1, 0.15) is 17.3 Å². The van der Waals surface area contributed by atoms with Crippen LogP contribution in [0.3, 0.4) is 0 Å². The molecule has 1 N–H and O–H groups in total. The number of piperidine rings is 2. The predicted molar refractivity (Wildman–Crippen MR) is 153 cm³/mol. The van der Waals surface area contributed by atoms with Crippen molar-refractivity contribution in [2.45, 2.75) is 70.9 Å². The number of hydrogen-bond donors (Lipinski definition) is 1. The highest BCUT2D eigenvalue weighted by molar-refractivity contribution is 6.09. The second-order valence-electron chi connectivity index (χ2n) is 12.8. The highest BCUT2D eigenvalue weighted by Gasteiger charge is 2.45. The molecule has 6 rings (SSSR count). The Bertz CT molecular complexity index is 1460. The fourth-order valence-corrected chi connectivity index (χ4v) is 6.70. The number of carbonyl (C=O) groups excluding carboxylic acids is 3. The van der Waals surface area contributed by atoms with E-state index in [0.717, 1.165) is 80.3 Å². The molecule has 0 aliphatic carbocycles. The molecule has 1 atom stereocenters. The number of likely N-dealkylation sites (tertiary alicyclic amines) is 2. The molecule has 0 bridgehead atoms. The maximum Gasteiger partial charge on any atom is 0.410 e. The molecule has 1 spiro atoms. The summed E-state index contributed by atoms with van der Waals surface area (Å²) in [6.45, 7) is 10.6. The summed E-state index contributed by atoms with van der Waals surface area (Å²) in [5.41, 5.74) is 2.94. The quantitative estimate of drug-likeness (QED) is 0.477. The fraction of sp³-hybridized carbons (Fsp3) is 0.548. The summed E-state index contributed by atoms with van der Waals surface area (Å²) in [6.07, 6.45) is 6.54. The number of benzene rings is 1. The number of pyridine rings is 1. The molecule has 1 aromatic carbocycles. The normalized spacial score (nSPS) is 21.6. The van der Waals surface area contributed by atoms with Crippen LogP contribution in [0.2, 0.25) is 0 Å². The third-order valence-electron chi connectivity index (χ3n) is 8.68. The highest BCUT2D eigenvalue weighted by Crippen LogP contribution is 2.41. The number of fused-ring (bicyclic) bond motifs is 3. The number of hydrogen-bond acceptors (Lipinski definition) is 6. The Balaban J connectivity index is 1.06. The van der Waals surface area contributed by atoms with Gasteiger partial charge in [-0.3, -0.25) is 14.9 Å². The number of amides is 3. The Labute approximate surface area is 234 Å². The van der Waals surface area contributed by atoms with Crippen LogP contribution in [-0.4, -0.2) is 75.6 Å². The summed E-state index contributed by atoms with van der Waals surface area (Å²) in [5, 5.41) is 4.63. The number of aromatic nitrogens is 2. The van der Waals surface area contributed by atoms with Gasteiger partial charge < -0.3 is 19.1 Å². The molecular weight excluding hydrogens is 506 g/mol. The van der Waals surface area contributed by atoms with Crippen LogP contribution >= 0.6 is 0 Å². The van der Waals surface area contributed by atoms with Gasteiger partial charge in [0.25, 0.3) is 0 Å². The van der Waals surface area contributed by atoms with Crippen LogP contribution in [0.5, 0.6) is 0 Å². The molecule has 9 nitrogen and oxygen atoms in total. The number of carbonyl (C=O) groups is 3. The summed E-state index contributed by atoms with van der Waals surface area (Å²) in [6, 6.07) is 10.1. The zero-order valence-electron chi connectivity index (χ0n) is 23.7. The molecule has 3 saturated heterocycles. The maximum atomic E-state index is 12.7. The molecule has 40 heavy (non-hydrogen) atoms. The minimum atomic E-state index is -0.453. The van der Waals surface area contributed by atoms with E-state index in [4.69, 9.17) is 4.74 Å². The third-order valence-corrected chi connectivity index (χ3v) is 8.68. The lowest BCUT2D eigenvalue weighted by Crippen LogP contribution is -2.61. The summed E-state index contributed by atoms with van der Waals surface area (Å²) in [4.78, 5) is 45.8. The van der Waals surface area contributed by atoms with Crippen molar-refractivity contribution in [3.63, 3.8) is 0 Å². The van der Waals surface area contributed by atoms with Crippen molar-refractivity contribution >= 4 is 39.8 Å². The van der Waals surface area contributed by atoms with E-state index in [9.17, 15) is 14.4 Å². The number of nitrogens with one attached hydrogen (secondary N) is 1. The molecule has 3 aliphatic heterocycles. The van der Waals surface area contributed by atoms with Crippen LogP contribution in [0.25, 0.3) is 21.9 Å². The highest BCUT2D eigenvalue weighted by atomic mass is 16.6. The summed E-state index contributed by atoms with van der Waals surface area (Å²) in [5.74, 6) is -0.468. The first kappa shape index (κ1) is 26.7. The van der Waals surface area contributed by atoms with Gasteiger partial charge in [-0.15, -0.1) is 0 Å². The summed E-state index contributed by atoms with van der Waals surface area (Å²) >= 11 is 0. The lowest BCUT2D eigenvalue weighted by Gasteiger charge is -2.54. The lowest BCUT2D eigenvalue weighted by molar-refractivity contribution is -0.135. The molecule has 3 fully saturated rings. The molecule has 9 heteroatoms. The largest absolute Gasteiger partial charge is 0.444 e. The SMILES string of the molecule is CC(C)(C)OC(=O)N1CCC2(CC1)CN(CCCc1ccc3c(c1)c1cccnc1n3C1CCC(=O)NC1=O)C2. The van der Waals surface area contributed by atoms with Gasteiger partial charge in [0.05, 0.1) is 5.52 Å². The molecule has 3 aromatic rings. The number of imide groups is 1. The Kier molecular flexibility index (Phi) is 6.81. The van der Waals surface area contributed by atoms with E-state index in [1.54, 1.807) is 6.20 Å². The Morgan fingerprint density at radius 1 is 1.12 bits per heavy atom. The van der Waals surface area contributed by atoms with Crippen molar-refractivity contribution in [2.24, 2.45) is 5.41 Å². The average molecular weight is 546 g/mol. The second-order valence-corrected chi connectivity index (χ2v) is 12.8. The molecule has 1 unspecified atom stereocenters. The van der Waals surface area contributed by atoms with E-state index in [0.29, 0.717) is 18.3 Å². The van der Waals surface area contributed by atoms with Crippen molar-refractivity contribution in [1.29, 1.82) is 0 Å². The molecule has 0 saturated carbocycles. The van der Waals surface area contributed by atoms with Gasteiger partial charge in [0.2, 0.25) is 11.8 Å². The van der Waals surface area contributed by atoms with Crippen LogP contribution < -0.4 is 5.32 Å². The molecule has 5 heterocycles. The Morgan fingerprint density at radius 2 is 1.90 bits per heavy atom. The number of rotatable bonds is 5. The van der Waals surface area contributed by atoms with Crippen molar-refractivity contribution in [3.05, 3.63) is 42.1 Å². The van der Waals surface area contributed by atoms with Gasteiger partial charge in [0, 0.05) is 49.6 Å². The summed E-state index contributed by atoms with van der Waals surface area (Å²) < 4.78 is 7.55. The van der Waals surface area contributed by atoms with Gasteiger partial charge in [-0.25, -0.2) is 9.78 Å². The van der Waals surface area contributed by atoms with Gasteiger partial charge in [-0.2, -0.15) is 0 Å². The van der Waals surface area contributed by atoms with E-state index in [1.807, 2.05) is 36.3 Å². The first-order valence-corrected chi connectivity index (χ1v) is 14.5. The van der Waals surface area contributed by atoms with Crippen LogP contribution in [-0.2, 0) is 20.7 Å². The Morgan fingerprint density at radius 3 is 2.62 bits per heavy atom. The number of nitrogens with zero attached hydrogens (tertiary/aromatic N) is 4. The molecule has 212 valence electrons. The number of ether oxygens (including phenoxy) is 1. The van der Waals surface area contributed by atoms with Crippen LogP contribution in [0.4, 0.5) is 4.79 Å². The summed E-state index contributed by atoms with van der Waals surface area (Å²) in [7, 11) is 0. The van der Waals surface area contributed by atoms with E-state index in [1.165, 1.54) is 5.56 Å². The molecular formula is C31H39N5O4. The van der Waals surface area contributed by atoms with Crippen molar-refractivity contribution in [1.82, 2.24) is 24.7 Å². The zero-order chi connectivity index (χ0) is 28.1. The average Bonchev–Trinajstić information content (AvgIpc) is 3.21. The van der Waals surface area contributed by atoms with Crippen LogP contribution in [0, 0.1) is 5.41 Å². The fourth-order valence-electron chi connectivity index (χ4n) is 6.70. The molecule has 3 aliphatic rings. The van der Waals surface area contributed by atoms with Crippen molar-refractivity contribution in [3.8, 4) is 0 Å². The topological polar surface area (TPSA) is 96.8 Å². The van der Waals surface area contributed by atoms with E-state index in [-0.39, 0.29) is 17.9 Å². The van der Waals surface area contributed by atoms with Crippen molar-refractivity contribution < 1.29 is 19.1 Å². The second kappa shape index (κ2) is 10.2. The zero-order valence-corrected chi connectivity index (χ0v) is 23.7. The van der Waals surface area contributed by atoms with Gasteiger partial charge >= 0.3 is 6.09 Å². The minimum absolute atomic E-state index is 0.188. The number of aryl methyl sites for hydroxylation is 1. The van der Waals surface area contributed by atoms with E-state index in [2.05, 4.69) is 39.5 Å². The molecule has 0 radical (unpaired) electrons. The first-order chi connectivity index (χ1) is 19.1. The standard InChI is InChI=1S/C31H39N5O4/c1-30(2,3)40-29(39)35-16-12-31(13-17-35)19-34(20-31)15-5-6-21-8-9-24-23(18-21)22-7-4-14-32-27(22)36(24)25-10-11-26(37)33-28(25)38/h4,7-9,14,18,25H,5-6,10-13,15-17,19-20H2,1-3H3,(H,33,37,38). The predicted octanol–water partition coefficient (Wildman–Crippen LogP) is 4.43. The van der Waals surface area contributed by atoms with E-state index >= 15 is 0 Å². The molecule has 2 aromatic heterocycles. The minimum Gasteiger partial charge on any atom is -0.444 e. The van der Waals surface area contributed by atoms with Gasteiger partial charge in [-0.05, 0) is 94.7 Å². The van der Waals surface area contributed by atoms with Crippen LogP contribution in [0.1, 0.15) is 64.5 Å². The van der Waals surface area contributed by atoms with Gasteiger partial charge in [-0.1, -0.05) is 6.07 Å². The van der Waals surface area contributed by atoms with E-state index < -0.39 is 11.6 Å². The maximum absolute atomic E-state index is 12.7. The first-order valence-electron chi connectivity index (χ1n) is 14.5. The lowest BCUT2D eigenvalue weighted by atomic mass is 9.72. The van der Waals surface area contributed by atoms with Gasteiger partial charge in [0.15, 0.2) is 0 Å². The van der Waals surface area contributed by atoms with Crippen LogP contribution in [0.15, 0.2) is 36.5 Å². The smallest absolute Gasteiger partial charge is 0.410 e.